The van der Waals surface area contributed by atoms with Crippen LogP contribution < -0.4 is 11.1 Å². The number of hydrogen-bond acceptors (Lipinski definition) is 5. The average Bonchev–Trinajstić information content (AvgIpc) is 2.74. The molecule has 102 valence electrons. The van der Waals surface area contributed by atoms with Gasteiger partial charge in [0.05, 0.1) is 5.69 Å². The molecule has 1 unspecified atom stereocenters. The summed E-state index contributed by atoms with van der Waals surface area (Å²) in [5, 5.41) is 12.5. The highest BCUT2D eigenvalue weighted by atomic mass is 32.1. The van der Waals surface area contributed by atoms with Gasteiger partial charge in [0.25, 0.3) is 5.91 Å². The number of pyridine rings is 1. The highest BCUT2D eigenvalue weighted by Gasteiger charge is 2.17. The fourth-order valence-electron chi connectivity index (χ4n) is 1.79. The van der Waals surface area contributed by atoms with Gasteiger partial charge in [0.15, 0.2) is 0 Å². The van der Waals surface area contributed by atoms with E-state index >= 15 is 0 Å². The number of hydrogen-bond donors (Lipinski definition) is 3. The van der Waals surface area contributed by atoms with Gasteiger partial charge in [-0.2, -0.15) is 0 Å². The normalized spacial score (nSPS) is 12.5. The van der Waals surface area contributed by atoms with Crippen LogP contribution in [0.15, 0.2) is 18.3 Å². The van der Waals surface area contributed by atoms with Crippen molar-refractivity contribution in [2.45, 2.75) is 13.3 Å². The number of carbonyl (C=O) groups is 1. The van der Waals surface area contributed by atoms with Gasteiger partial charge in [0.2, 0.25) is 0 Å². The summed E-state index contributed by atoms with van der Waals surface area (Å²) in [6.07, 6.45) is 2.35. The molecule has 0 aliphatic rings. The first-order chi connectivity index (χ1) is 9.13. The van der Waals surface area contributed by atoms with Crippen molar-refractivity contribution in [2.75, 3.05) is 18.9 Å². The van der Waals surface area contributed by atoms with Gasteiger partial charge in [-0.3, -0.25) is 4.79 Å². The molecule has 1 amide bonds. The van der Waals surface area contributed by atoms with Gasteiger partial charge in [-0.25, -0.2) is 4.98 Å². The third kappa shape index (κ3) is 3.02. The highest BCUT2D eigenvalue weighted by molar-refractivity contribution is 7.21. The number of nitrogens with zero attached hydrogens (tertiary/aromatic N) is 1. The van der Waals surface area contributed by atoms with Crippen molar-refractivity contribution < 1.29 is 9.90 Å². The van der Waals surface area contributed by atoms with E-state index in [1.165, 1.54) is 11.3 Å². The largest absolute Gasteiger partial charge is 0.397 e. The van der Waals surface area contributed by atoms with Gasteiger partial charge in [0.1, 0.15) is 9.71 Å². The number of nitrogens with one attached hydrogen (secondary N) is 1. The van der Waals surface area contributed by atoms with Gasteiger partial charge >= 0.3 is 0 Å². The molecule has 0 spiro atoms. The van der Waals surface area contributed by atoms with Crippen molar-refractivity contribution in [3.05, 3.63) is 23.2 Å². The summed E-state index contributed by atoms with van der Waals surface area (Å²) in [5.41, 5.74) is 6.46. The summed E-state index contributed by atoms with van der Waals surface area (Å²) in [5.74, 6) is 0.0629. The lowest BCUT2D eigenvalue weighted by molar-refractivity contribution is 0.0950. The molecule has 5 nitrogen and oxygen atoms in total. The van der Waals surface area contributed by atoms with Crippen LogP contribution in [0.25, 0.3) is 10.2 Å². The Morgan fingerprint density at radius 1 is 1.63 bits per heavy atom. The molecule has 2 heterocycles. The zero-order chi connectivity index (χ0) is 13.8. The van der Waals surface area contributed by atoms with Crippen LogP contribution >= 0.6 is 11.3 Å². The van der Waals surface area contributed by atoms with Gasteiger partial charge < -0.3 is 16.2 Å². The molecule has 0 fully saturated rings. The lowest BCUT2D eigenvalue weighted by Gasteiger charge is -2.10. The molecule has 0 saturated carbocycles. The summed E-state index contributed by atoms with van der Waals surface area (Å²) in [6, 6.07) is 3.66. The Kier molecular flexibility index (Phi) is 4.34. The molecule has 0 saturated heterocycles. The summed E-state index contributed by atoms with van der Waals surface area (Å²) in [4.78, 5) is 17.5. The molecule has 6 heteroatoms. The lowest BCUT2D eigenvalue weighted by atomic mass is 10.1. The molecule has 0 aromatic carbocycles. The standard InChI is InChI=1S/C13H17N3O2S/c1-8(4-6-17)7-16-12(18)11-10(14)9-3-2-5-15-13(9)19-11/h2-3,5,8,17H,4,6-7,14H2,1H3,(H,16,18). The molecule has 2 rings (SSSR count). The molecule has 2 aromatic rings. The molecule has 0 radical (unpaired) electrons. The maximum Gasteiger partial charge on any atom is 0.263 e. The van der Waals surface area contributed by atoms with Crippen LogP contribution in [0.2, 0.25) is 0 Å². The molecule has 1 atom stereocenters. The smallest absolute Gasteiger partial charge is 0.263 e. The number of aromatic nitrogens is 1. The van der Waals surface area contributed by atoms with E-state index in [1.54, 1.807) is 12.3 Å². The fraction of sp³-hybridized carbons (Fsp3) is 0.385. The molecule has 0 aliphatic heterocycles. The Bertz CT molecular complexity index is 582. The van der Waals surface area contributed by atoms with Crippen LogP contribution in [0, 0.1) is 5.92 Å². The van der Waals surface area contributed by atoms with Crippen LogP contribution in [-0.4, -0.2) is 29.1 Å². The van der Waals surface area contributed by atoms with Gasteiger partial charge in [0, 0.05) is 24.7 Å². The predicted molar refractivity (Wildman–Crippen MR) is 77.2 cm³/mol. The summed E-state index contributed by atoms with van der Waals surface area (Å²) < 4.78 is 0. The zero-order valence-corrected chi connectivity index (χ0v) is 11.5. The van der Waals surface area contributed by atoms with Crippen LogP contribution in [0.5, 0.6) is 0 Å². The van der Waals surface area contributed by atoms with E-state index in [0.29, 0.717) is 23.5 Å². The Morgan fingerprint density at radius 3 is 3.11 bits per heavy atom. The second kappa shape index (κ2) is 5.99. The average molecular weight is 279 g/mol. The Morgan fingerprint density at radius 2 is 2.42 bits per heavy atom. The first kappa shape index (κ1) is 13.8. The first-order valence-electron chi connectivity index (χ1n) is 6.15. The van der Waals surface area contributed by atoms with Crippen molar-refractivity contribution in [2.24, 2.45) is 5.92 Å². The topological polar surface area (TPSA) is 88.2 Å². The highest BCUT2D eigenvalue weighted by Crippen LogP contribution is 2.31. The Labute approximate surface area is 115 Å². The number of carbonyl (C=O) groups excluding carboxylic acids is 1. The van der Waals surface area contributed by atoms with E-state index in [2.05, 4.69) is 10.3 Å². The quantitative estimate of drug-likeness (QED) is 0.776. The SMILES string of the molecule is CC(CCO)CNC(=O)c1sc2ncccc2c1N. The Balaban J connectivity index is 2.11. The number of nitrogen functional groups attached to an aromatic ring is 1. The van der Waals surface area contributed by atoms with E-state index in [-0.39, 0.29) is 18.4 Å². The van der Waals surface area contributed by atoms with E-state index in [1.807, 2.05) is 13.0 Å². The zero-order valence-electron chi connectivity index (χ0n) is 10.7. The molecule has 2 aromatic heterocycles. The fourth-order valence-corrected chi connectivity index (χ4v) is 2.77. The van der Waals surface area contributed by atoms with Gasteiger partial charge in [-0.05, 0) is 24.5 Å². The molecular formula is C13H17N3O2S. The van der Waals surface area contributed by atoms with E-state index in [4.69, 9.17) is 10.8 Å². The van der Waals surface area contributed by atoms with Crippen molar-refractivity contribution in [3.8, 4) is 0 Å². The van der Waals surface area contributed by atoms with Gasteiger partial charge in [-0.15, -0.1) is 11.3 Å². The van der Waals surface area contributed by atoms with Crippen molar-refractivity contribution in [3.63, 3.8) is 0 Å². The Hall–Kier alpha value is -1.66. The predicted octanol–water partition coefficient (Wildman–Crippen LogP) is 1.63. The number of aliphatic hydroxyl groups excluding tert-OH is 1. The maximum absolute atomic E-state index is 12.1. The van der Waals surface area contributed by atoms with Crippen molar-refractivity contribution in [1.29, 1.82) is 0 Å². The molecule has 0 aliphatic carbocycles. The number of thiophene rings is 1. The summed E-state index contributed by atoms with van der Waals surface area (Å²) in [7, 11) is 0. The summed E-state index contributed by atoms with van der Waals surface area (Å²) in [6.45, 7) is 2.64. The number of anilines is 1. The molecule has 19 heavy (non-hydrogen) atoms. The second-order valence-corrected chi connectivity index (χ2v) is 5.53. The lowest BCUT2D eigenvalue weighted by Crippen LogP contribution is -2.28. The van der Waals surface area contributed by atoms with Crippen LogP contribution in [0.3, 0.4) is 0 Å². The number of amides is 1. The first-order valence-corrected chi connectivity index (χ1v) is 6.97. The van der Waals surface area contributed by atoms with E-state index < -0.39 is 0 Å². The maximum atomic E-state index is 12.1. The van der Waals surface area contributed by atoms with Crippen LogP contribution in [0.4, 0.5) is 5.69 Å². The minimum Gasteiger partial charge on any atom is -0.397 e. The van der Waals surface area contributed by atoms with Crippen molar-refractivity contribution in [1.82, 2.24) is 10.3 Å². The van der Waals surface area contributed by atoms with E-state index in [9.17, 15) is 4.79 Å². The summed E-state index contributed by atoms with van der Waals surface area (Å²) >= 11 is 1.30. The van der Waals surface area contributed by atoms with E-state index in [0.717, 1.165) is 10.2 Å². The monoisotopic (exact) mass is 279 g/mol. The minimum absolute atomic E-state index is 0.131. The number of aliphatic hydroxyl groups is 1. The van der Waals surface area contributed by atoms with Crippen LogP contribution in [-0.2, 0) is 0 Å². The molecular weight excluding hydrogens is 262 g/mol. The third-order valence-electron chi connectivity index (χ3n) is 2.94. The second-order valence-electron chi connectivity index (χ2n) is 4.53. The molecule has 4 N–H and O–H groups in total. The number of fused-ring (bicyclic) bond motifs is 1. The van der Waals surface area contributed by atoms with Crippen molar-refractivity contribution >= 4 is 33.1 Å². The number of nitrogens with two attached hydrogens (primary N) is 1. The number of rotatable bonds is 5. The van der Waals surface area contributed by atoms with Gasteiger partial charge in [-0.1, -0.05) is 6.92 Å². The third-order valence-corrected chi connectivity index (χ3v) is 4.07. The molecule has 0 bridgehead atoms. The minimum atomic E-state index is -0.176. The van der Waals surface area contributed by atoms with Crippen LogP contribution in [0.1, 0.15) is 23.0 Å².